The van der Waals surface area contributed by atoms with Crippen molar-refractivity contribution in [1.29, 1.82) is 0 Å². The van der Waals surface area contributed by atoms with Crippen LogP contribution in [-0.2, 0) is 7.05 Å². The lowest BCUT2D eigenvalue weighted by atomic mass is 10.0. The van der Waals surface area contributed by atoms with Crippen LogP contribution in [-0.4, -0.2) is 56.7 Å². The molecule has 31 heavy (non-hydrogen) atoms. The van der Waals surface area contributed by atoms with E-state index in [2.05, 4.69) is 15.4 Å². The minimum absolute atomic E-state index is 0.0586. The molecule has 156 valence electrons. The lowest BCUT2D eigenvalue weighted by molar-refractivity contribution is 0.0730. The van der Waals surface area contributed by atoms with Gasteiger partial charge in [-0.25, -0.2) is 9.97 Å². The zero-order valence-corrected chi connectivity index (χ0v) is 17.2. The summed E-state index contributed by atoms with van der Waals surface area (Å²) in [7, 11) is 1.90. The first-order valence-electron chi connectivity index (χ1n) is 10.2. The maximum atomic E-state index is 13.0. The number of amides is 1. The van der Waals surface area contributed by atoms with Gasteiger partial charge in [0.15, 0.2) is 0 Å². The Labute approximate surface area is 179 Å². The van der Waals surface area contributed by atoms with Gasteiger partial charge in [-0.2, -0.15) is 5.10 Å². The van der Waals surface area contributed by atoms with Crippen molar-refractivity contribution in [3.8, 4) is 22.3 Å². The molecule has 3 N–H and O–H groups in total. The summed E-state index contributed by atoms with van der Waals surface area (Å²) in [6.07, 6.45) is 5.54. The number of nitrogens with zero attached hydrogens (tertiary/aromatic N) is 5. The Balaban J connectivity index is 1.55. The monoisotopic (exact) mass is 413 g/mol. The summed E-state index contributed by atoms with van der Waals surface area (Å²) in [6.45, 7) is 2.95. The Morgan fingerprint density at radius 1 is 1.00 bits per heavy atom. The number of carbonyl (C=O) groups is 1. The molecular weight excluding hydrogens is 390 g/mol. The van der Waals surface area contributed by atoms with Crippen LogP contribution in [0.15, 0.2) is 55.0 Å². The van der Waals surface area contributed by atoms with Crippen molar-refractivity contribution in [2.24, 2.45) is 7.05 Å². The van der Waals surface area contributed by atoms with E-state index in [1.807, 2.05) is 54.7 Å². The van der Waals surface area contributed by atoms with Crippen LogP contribution in [0.1, 0.15) is 10.5 Å². The van der Waals surface area contributed by atoms with Gasteiger partial charge in [0.25, 0.3) is 5.91 Å². The summed E-state index contributed by atoms with van der Waals surface area (Å²) < 4.78 is 1.78. The number of fused-ring (bicyclic) bond motifs is 1. The number of pyridine rings is 2. The zero-order chi connectivity index (χ0) is 21.4. The zero-order valence-electron chi connectivity index (χ0n) is 17.2. The number of rotatable bonds is 3. The standard InChI is InChI=1S/C23H23N7O/c1-29-14-17(12-27-29)15-2-4-16(5-3-15)19-13-26-22(24)18-6-7-20(28-21(18)19)23(31)30-10-8-25-9-11-30/h2-7,12-14,25H,8-11H2,1H3,(H2,24,26). The second-order valence-corrected chi connectivity index (χ2v) is 7.67. The number of anilines is 1. The van der Waals surface area contributed by atoms with Gasteiger partial charge in [0.1, 0.15) is 11.5 Å². The summed E-state index contributed by atoms with van der Waals surface area (Å²) in [4.78, 5) is 23.9. The van der Waals surface area contributed by atoms with Crippen LogP contribution in [0.2, 0.25) is 0 Å². The van der Waals surface area contributed by atoms with Crippen molar-refractivity contribution in [3.63, 3.8) is 0 Å². The summed E-state index contributed by atoms with van der Waals surface area (Å²) >= 11 is 0. The Bertz CT molecular complexity index is 1260. The van der Waals surface area contributed by atoms with Crippen LogP contribution in [0, 0.1) is 0 Å². The predicted molar refractivity (Wildman–Crippen MR) is 120 cm³/mol. The van der Waals surface area contributed by atoms with Gasteiger partial charge in [-0.15, -0.1) is 0 Å². The Morgan fingerprint density at radius 3 is 2.45 bits per heavy atom. The summed E-state index contributed by atoms with van der Waals surface area (Å²) in [5.74, 6) is 0.344. The van der Waals surface area contributed by atoms with E-state index in [4.69, 9.17) is 10.7 Å². The fourth-order valence-corrected chi connectivity index (χ4v) is 3.91. The highest BCUT2D eigenvalue weighted by molar-refractivity contribution is 6.02. The molecule has 0 atom stereocenters. The Hall–Kier alpha value is -3.78. The molecule has 5 rings (SSSR count). The second kappa shape index (κ2) is 7.81. The predicted octanol–water partition coefficient (Wildman–Crippen LogP) is 2.32. The van der Waals surface area contributed by atoms with Crippen LogP contribution in [0.3, 0.4) is 0 Å². The van der Waals surface area contributed by atoms with Gasteiger partial charge in [-0.05, 0) is 23.3 Å². The van der Waals surface area contributed by atoms with Gasteiger partial charge in [-0.1, -0.05) is 24.3 Å². The number of nitrogens with one attached hydrogen (secondary N) is 1. The smallest absolute Gasteiger partial charge is 0.272 e. The maximum absolute atomic E-state index is 13.0. The molecule has 1 saturated heterocycles. The van der Waals surface area contributed by atoms with Crippen LogP contribution in [0.4, 0.5) is 5.82 Å². The van der Waals surface area contributed by atoms with Gasteiger partial charge in [0.05, 0.1) is 11.7 Å². The minimum atomic E-state index is -0.0586. The van der Waals surface area contributed by atoms with Gasteiger partial charge in [0, 0.05) is 62.1 Å². The quantitative estimate of drug-likeness (QED) is 0.534. The minimum Gasteiger partial charge on any atom is -0.383 e. The highest BCUT2D eigenvalue weighted by Gasteiger charge is 2.20. The van der Waals surface area contributed by atoms with Crippen molar-refractivity contribution < 1.29 is 4.79 Å². The number of hydrogen-bond acceptors (Lipinski definition) is 6. The molecule has 0 bridgehead atoms. The molecule has 1 fully saturated rings. The fourth-order valence-electron chi connectivity index (χ4n) is 3.91. The highest BCUT2D eigenvalue weighted by atomic mass is 16.2. The molecule has 4 heterocycles. The Morgan fingerprint density at radius 2 is 1.74 bits per heavy atom. The molecule has 3 aromatic heterocycles. The van der Waals surface area contributed by atoms with E-state index in [0.717, 1.165) is 40.7 Å². The van der Waals surface area contributed by atoms with E-state index in [0.29, 0.717) is 30.1 Å². The molecule has 8 heteroatoms. The summed E-state index contributed by atoms with van der Waals surface area (Å²) in [6, 6.07) is 11.7. The van der Waals surface area contributed by atoms with Gasteiger partial charge < -0.3 is 16.0 Å². The van der Waals surface area contributed by atoms with Crippen molar-refractivity contribution in [1.82, 2.24) is 30.0 Å². The molecular formula is C23H23N7O. The first kappa shape index (κ1) is 19.2. The number of benzene rings is 1. The maximum Gasteiger partial charge on any atom is 0.272 e. The lowest BCUT2D eigenvalue weighted by Gasteiger charge is -2.27. The molecule has 1 aliphatic rings. The summed E-state index contributed by atoms with van der Waals surface area (Å²) in [5, 5.41) is 8.24. The molecule has 0 radical (unpaired) electrons. The Kier molecular flexibility index (Phi) is 4.83. The third kappa shape index (κ3) is 3.62. The molecule has 1 aliphatic heterocycles. The van der Waals surface area contributed by atoms with Gasteiger partial charge >= 0.3 is 0 Å². The van der Waals surface area contributed by atoms with Crippen molar-refractivity contribution >= 4 is 22.6 Å². The SMILES string of the molecule is Cn1cc(-c2ccc(-c3cnc(N)c4ccc(C(=O)N5CCNCC5)nc34)cc2)cn1. The van der Waals surface area contributed by atoms with E-state index in [1.165, 1.54) is 0 Å². The average Bonchev–Trinajstić information content (AvgIpc) is 3.25. The van der Waals surface area contributed by atoms with Crippen LogP contribution in [0.5, 0.6) is 0 Å². The first-order valence-corrected chi connectivity index (χ1v) is 10.2. The van der Waals surface area contributed by atoms with E-state index < -0.39 is 0 Å². The van der Waals surface area contributed by atoms with Crippen LogP contribution in [0.25, 0.3) is 33.2 Å². The number of aromatic nitrogens is 4. The number of carbonyl (C=O) groups excluding carboxylic acids is 1. The number of hydrogen-bond donors (Lipinski definition) is 2. The van der Waals surface area contributed by atoms with Gasteiger partial charge in [0.2, 0.25) is 0 Å². The van der Waals surface area contributed by atoms with Crippen LogP contribution >= 0.6 is 0 Å². The van der Waals surface area contributed by atoms with Crippen molar-refractivity contribution in [3.05, 3.63) is 60.7 Å². The number of nitrogen functional groups attached to an aromatic ring is 1. The van der Waals surface area contributed by atoms with Crippen molar-refractivity contribution in [2.45, 2.75) is 0 Å². The topological polar surface area (TPSA) is 102 Å². The molecule has 1 amide bonds. The molecule has 0 aliphatic carbocycles. The van der Waals surface area contributed by atoms with Crippen molar-refractivity contribution in [2.75, 3.05) is 31.9 Å². The molecule has 1 aromatic carbocycles. The molecule has 8 nitrogen and oxygen atoms in total. The van der Waals surface area contributed by atoms with E-state index in [-0.39, 0.29) is 5.91 Å². The molecule has 4 aromatic rings. The van der Waals surface area contributed by atoms with E-state index >= 15 is 0 Å². The first-order chi connectivity index (χ1) is 15.1. The third-order valence-electron chi connectivity index (χ3n) is 5.62. The molecule has 0 saturated carbocycles. The second-order valence-electron chi connectivity index (χ2n) is 7.67. The number of piperazine rings is 1. The average molecular weight is 413 g/mol. The molecule has 0 unspecified atom stereocenters. The van der Waals surface area contributed by atoms with E-state index in [9.17, 15) is 4.79 Å². The van der Waals surface area contributed by atoms with E-state index in [1.54, 1.807) is 16.9 Å². The summed E-state index contributed by atoms with van der Waals surface area (Å²) in [5.41, 5.74) is 11.2. The number of nitrogens with two attached hydrogens (primary N) is 1. The largest absolute Gasteiger partial charge is 0.383 e. The van der Waals surface area contributed by atoms with Gasteiger partial charge in [-0.3, -0.25) is 9.48 Å². The fraction of sp³-hybridized carbons (Fsp3) is 0.217. The third-order valence-corrected chi connectivity index (χ3v) is 5.62. The normalized spacial score (nSPS) is 14.2. The highest BCUT2D eigenvalue weighted by Crippen LogP contribution is 2.31. The van der Waals surface area contributed by atoms with Crippen LogP contribution < -0.4 is 11.1 Å². The lowest BCUT2D eigenvalue weighted by Crippen LogP contribution is -2.46. The molecule has 0 spiro atoms. The number of aryl methyl sites for hydroxylation is 1.